The van der Waals surface area contributed by atoms with Gasteiger partial charge in [0.1, 0.15) is 0 Å². The van der Waals surface area contributed by atoms with Gasteiger partial charge in [0.25, 0.3) is 0 Å². The second kappa shape index (κ2) is 8.28. The maximum absolute atomic E-state index is 10.6. The van der Waals surface area contributed by atoms with E-state index in [9.17, 15) is 4.79 Å². The third kappa shape index (κ3) is 3.66. The van der Waals surface area contributed by atoms with Crippen LogP contribution in [0.4, 0.5) is 0 Å². The van der Waals surface area contributed by atoms with Crippen molar-refractivity contribution in [1.82, 2.24) is 0 Å². The Labute approximate surface area is 172 Å². The third-order valence-corrected chi connectivity index (χ3v) is 9.85. The summed E-state index contributed by atoms with van der Waals surface area (Å²) in [5, 5.41) is 8.76. The van der Waals surface area contributed by atoms with Crippen LogP contribution in [-0.2, 0) is 9.53 Å². The molecule has 7 atom stereocenters. The summed E-state index contributed by atoms with van der Waals surface area (Å²) < 4.78 is 6.45. The van der Waals surface area contributed by atoms with Crippen LogP contribution in [0.1, 0.15) is 104 Å². The van der Waals surface area contributed by atoms with Crippen LogP contribution in [0, 0.1) is 34.5 Å². The van der Waals surface area contributed by atoms with Gasteiger partial charge in [-0.2, -0.15) is 0 Å². The van der Waals surface area contributed by atoms with Gasteiger partial charge >= 0.3 is 5.97 Å². The SMILES string of the molecule is C[C@]12CCCC[C@@H]1CC[C@@H]1[C@@H]2CC[C@]2(C)[C@@H](OCCCCCC(=O)O)CC[C@@H]12. The highest BCUT2D eigenvalue weighted by molar-refractivity contribution is 5.66. The molecule has 0 radical (unpaired) electrons. The van der Waals surface area contributed by atoms with Gasteiger partial charge in [-0.15, -0.1) is 0 Å². The number of hydrogen-bond acceptors (Lipinski definition) is 2. The van der Waals surface area contributed by atoms with Crippen LogP contribution in [0.15, 0.2) is 0 Å². The van der Waals surface area contributed by atoms with E-state index in [1.807, 2.05) is 0 Å². The maximum Gasteiger partial charge on any atom is 0.303 e. The molecule has 28 heavy (non-hydrogen) atoms. The summed E-state index contributed by atoms with van der Waals surface area (Å²) in [6, 6.07) is 0. The molecule has 4 aliphatic carbocycles. The van der Waals surface area contributed by atoms with Crippen molar-refractivity contribution in [2.45, 2.75) is 110 Å². The zero-order valence-electron chi connectivity index (χ0n) is 18.3. The number of rotatable bonds is 7. The molecule has 3 heteroatoms. The molecule has 0 aromatic heterocycles. The second-order valence-electron chi connectivity index (χ2n) is 11.1. The average molecular weight is 391 g/mol. The van der Waals surface area contributed by atoms with Crippen LogP contribution in [0.3, 0.4) is 0 Å². The van der Waals surface area contributed by atoms with Gasteiger partial charge in [-0.25, -0.2) is 0 Å². The molecule has 0 amide bonds. The van der Waals surface area contributed by atoms with Crippen molar-refractivity contribution in [2.75, 3.05) is 6.61 Å². The van der Waals surface area contributed by atoms with E-state index in [1.54, 1.807) is 0 Å². The molecule has 3 nitrogen and oxygen atoms in total. The minimum atomic E-state index is -0.676. The summed E-state index contributed by atoms with van der Waals surface area (Å²) in [7, 11) is 0. The summed E-state index contributed by atoms with van der Waals surface area (Å²) in [5.74, 6) is 3.13. The first kappa shape index (κ1) is 20.7. The lowest BCUT2D eigenvalue weighted by Gasteiger charge is -2.60. The molecule has 0 aromatic carbocycles. The quantitative estimate of drug-likeness (QED) is 0.508. The van der Waals surface area contributed by atoms with Crippen LogP contribution in [0.2, 0.25) is 0 Å². The van der Waals surface area contributed by atoms with Gasteiger partial charge in [0.05, 0.1) is 6.10 Å². The Bertz CT molecular complexity index is 560. The Morgan fingerprint density at radius 2 is 1.71 bits per heavy atom. The van der Waals surface area contributed by atoms with E-state index in [2.05, 4.69) is 13.8 Å². The van der Waals surface area contributed by atoms with Crippen molar-refractivity contribution in [1.29, 1.82) is 0 Å². The third-order valence-electron chi connectivity index (χ3n) is 9.85. The first-order chi connectivity index (χ1) is 13.4. The molecular weight excluding hydrogens is 348 g/mol. The van der Waals surface area contributed by atoms with E-state index in [-0.39, 0.29) is 0 Å². The Balaban J connectivity index is 1.34. The molecule has 4 rings (SSSR count). The average Bonchev–Trinajstić information content (AvgIpc) is 3.00. The summed E-state index contributed by atoms with van der Waals surface area (Å²) in [6.07, 6.45) is 17.8. The summed E-state index contributed by atoms with van der Waals surface area (Å²) in [6.45, 7) is 6.03. The molecule has 1 N–H and O–H groups in total. The van der Waals surface area contributed by atoms with Crippen molar-refractivity contribution in [2.24, 2.45) is 34.5 Å². The molecule has 0 saturated heterocycles. The fraction of sp³-hybridized carbons (Fsp3) is 0.960. The van der Waals surface area contributed by atoms with Crippen LogP contribution >= 0.6 is 0 Å². The molecule has 4 fully saturated rings. The standard InChI is InChI=1S/C25H42O3/c1-24-15-6-5-8-18(24)10-11-19-20-12-13-22(25(20,2)16-14-21(19)24)28-17-7-3-4-9-23(26)27/h18-22H,3-17H2,1-2H3,(H,26,27)/t18-,19+,20+,21+,22+,24+,25+/m1/s1. The predicted octanol–water partition coefficient (Wildman–Crippen LogP) is 6.45. The normalized spacial score (nSPS) is 45.1. The molecule has 0 aliphatic heterocycles. The highest BCUT2D eigenvalue weighted by Crippen LogP contribution is 2.66. The Morgan fingerprint density at radius 3 is 2.54 bits per heavy atom. The van der Waals surface area contributed by atoms with E-state index in [0.717, 1.165) is 49.5 Å². The number of aliphatic carboxylic acids is 1. The summed E-state index contributed by atoms with van der Waals surface area (Å²) in [5.41, 5.74) is 1.02. The number of unbranched alkanes of at least 4 members (excludes halogenated alkanes) is 2. The number of fused-ring (bicyclic) bond motifs is 5. The zero-order valence-corrected chi connectivity index (χ0v) is 18.3. The lowest BCUT2D eigenvalue weighted by Crippen LogP contribution is -2.53. The van der Waals surface area contributed by atoms with Crippen LogP contribution in [0.25, 0.3) is 0 Å². The number of carboxylic acid groups (broad SMARTS) is 1. The Morgan fingerprint density at radius 1 is 0.893 bits per heavy atom. The van der Waals surface area contributed by atoms with Gasteiger partial charge in [0.2, 0.25) is 0 Å². The number of ether oxygens (including phenoxy) is 1. The molecular formula is C25H42O3. The summed E-state index contributed by atoms with van der Waals surface area (Å²) in [4.78, 5) is 10.6. The highest BCUT2D eigenvalue weighted by Gasteiger charge is 2.59. The number of hydrogen-bond donors (Lipinski definition) is 1. The van der Waals surface area contributed by atoms with E-state index >= 15 is 0 Å². The lowest BCUT2D eigenvalue weighted by molar-refractivity contribution is -0.137. The van der Waals surface area contributed by atoms with Crippen molar-refractivity contribution >= 4 is 5.97 Å². The van der Waals surface area contributed by atoms with Gasteiger partial charge in [-0.05, 0) is 98.7 Å². The van der Waals surface area contributed by atoms with E-state index in [0.29, 0.717) is 23.4 Å². The number of carbonyl (C=O) groups is 1. The monoisotopic (exact) mass is 390 g/mol. The van der Waals surface area contributed by atoms with E-state index in [1.165, 1.54) is 64.2 Å². The molecule has 0 unspecified atom stereocenters. The lowest BCUT2D eigenvalue weighted by atomic mass is 9.45. The largest absolute Gasteiger partial charge is 0.481 e. The minimum Gasteiger partial charge on any atom is -0.481 e. The molecule has 4 saturated carbocycles. The predicted molar refractivity (Wildman–Crippen MR) is 112 cm³/mol. The van der Waals surface area contributed by atoms with Gasteiger partial charge in [-0.3, -0.25) is 4.79 Å². The van der Waals surface area contributed by atoms with Crippen molar-refractivity contribution in [3.63, 3.8) is 0 Å². The molecule has 160 valence electrons. The summed E-state index contributed by atoms with van der Waals surface area (Å²) >= 11 is 0. The van der Waals surface area contributed by atoms with Crippen molar-refractivity contribution in [3.05, 3.63) is 0 Å². The van der Waals surface area contributed by atoms with Gasteiger partial charge in [0.15, 0.2) is 0 Å². The van der Waals surface area contributed by atoms with Crippen LogP contribution < -0.4 is 0 Å². The molecule has 0 bridgehead atoms. The molecule has 0 spiro atoms. The fourth-order valence-corrected chi connectivity index (χ4v) is 8.30. The Kier molecular flexibility index (Phi) is 6.12. The highest BCUT2D eigenvalue weighted by atomic mass is 16.5. The van der Waals surface area contributed by atoms with E-state index < -0.39 is 5.97 Å². The fourth-order valence-electron chi connectivity index (χ4n) is 8.30. The Hall–Kier alpha value is -0.570. The van der Waals surface area contributed by atoms with Crippen LogP contribution in [0.5, 0.6) is 0 Å². The minimum absolute atomic E-state index is 0.298. The maximum atomic E-state index is 10.6. The molecule has 0 heterocycles. The van der Waals surface area contributed by atoms with Crippen LogP contribution in [-0.4, -0.2) is 23.8 Å². The smallest absolute Gasteiger partial charge is 0.303 e. The second-order valence-corrected chi connectivity index (χ2v) is 11.1. The number of carboxylic acids is 1. The van der Waals surface area contributed by atoms with Gasteiger partial charge < -0.3 is 9.84 Å². The first-order valence-corrected chi connectivity index (χ1v) is 12.3. The van der Waals surface area contributed by atoms with E-state index in [4.69, 9.17) is 9.84 Å². The van der Waals surface area contributed by atoms with Gasteiger partial charge in [0, 0.05) is 13.0 Å². The molecule has 4 aliphatic rings. The molecule has 0 aromatic rings. The van der Waals surface area contributed by atoms with Crippen molar-refractivity contribution in [3.8, 4) is 0 Å². The topological polar surface area (TPSA) is 46.5 Å². The van der Waals surface area contributed by atoms with Crippen molar-refractivity contribution < 1.29 is 14.6 Å². The first-order valence-electron chi connectivity index (χ1n) is 12.3. The zero-order chi connectivity index (χ0) is 19.8. The van der Waals surface area contributed by atoms with Gasteiger partial charge in [-0.1, -0.05) is 33.1 Å².